The van der Waals surface area contributed by atoms with Crippen LogP contribution >= 0.6 is 0 Å². The molecule has 0 spiro atoms. The minimum absolute atomic E-state index is 0.0470. The summed E-state index contributed by atoms with van der Waals surface area (Å²) in [6.45, 7) is 2.17. The molecule has 0 unspecified atom stereocenters. The molecule has 3 aromatic rings. The monoisotopic (exact) mass is 523 g/mol. The van der Waals surface area contributed by atoms with Crippen LogP contribution in [0.5, 0.6) is 0 Å². The number of carbonyl (C=O) groups is 1. The lowest BCUT2D eigenvalue weighted by Gasteiger charge is -2.40. The van der Waals surface area contributed by atoms with E-state index < -0.39 is 40.9 Å². The highest BCUT2D eigenvalue weighted by Crippen LogP contribution is 2.37. The number of nitrogens with zero attached hydrogens (tertiary/aromatic N) is 7. The van der Waals surface area contributed by atoms with Crippen molar-refractivity contribution in [1.29, 1.82) is 5.26 Å². The van der Waals surface area contributed by atoms with Crippen LogP contribution < -0.4 is 4.90 Å². The molecule has 2 aliphatic heterocycles. The smallest absolute Gasteiger partial charge is 0.370 e. The first kappa shape index (κ1) is 24.8. The van der Waals surface area contributed by atoms with Crippen LogP contribution in [0.25, 0.3) is 10.9 Å². The number of benzene rings is 1. The molecule has 2 atom stereocenters. The van der Waals surface area contributed by atoms with E-state index in [9.17, 15) is 36.4 Å². The zero-order valence-electron chi connectivity index (χ0n) is 19.4. The van der Waals surface area contributed by atoms with Crippen molar-refractivity contribution in [2.75, 3.05) is 24.5 Å². The van der Waals surface area contributed by atoms with Crippen LogP contribution in [-0.4, -0.2) is 50.2 Å². The van der Waals surface area contributed by atoms with E-state index in [2.05, 4.69) is 15.2 Å². The highest BCUT2D eigenvalue weighted by atomic mass is 19.4. The molecule has 0 radical (unpaired) electrons. The molecule has 1 amide bonds. The number of amides is 1. The number of alkyl halides is 3. The van der Waals surface area contributed by atoms with Gasteiger partial charge < -0.3 is 14.4 Å². The molecule has 8 nitrogen and oxygen atoms in total. The summed E-state index contributed by atoms with van der Waals surface area (Å²) in [5, 5.41) is 16.4. The minimum Gasteiger partial charge on any atom is -0.370 e. The Kier molecular flexibility index (Phi) is 5.96. The van der Waals surface area contributed by atoms with Crippen LogP contribution in [0, 0.1) is 40.6 Å². The van der Waals surface area contributed by atoms with Crippen LogP contribution in [0.1, 0.15) is 30.6 Å². The maximum atomic E-state index is 14.4. The summed E-state index contributed by atoms with van der Waals surface area (Å²) in [6, 6.07) is 2.75. The van der Waals surface area contributed by atoms with Gasteiger partial charge in [-0.15, -0.1) is 10.2 Å². The van der Waals surface area contributed by atoms with E-state index >= 15 is 0 Å². The fourth-order valence-electron chi connectivity index (χ4n) is 5.16. The first-order valence-electron chi connectivity index (χ1n) is 11.4. The Bertz CT molecular complexity index is 1450. The van der Waals surface area contributed by atoms with E-state index in [0.717, 1.165) is 16.8 Å². The van der Waals surface area contributed by atoms with Crippen LogP contribution in [0.3, 0.4) is 0 Å². The average Bonchev–Trinajstić information content (AvgIpc) is 3.30. The van der Waals surface area contributed by atoms with Crippen molar-refractivity contribution >= 4 is 22.5 Å². The van der Waals surface area contributed by atoms with Gasteiger partial charge in [0.05, 0.1) is 17.8 Å². The third kappa shape index (κ3) is 4.11. The van der Waals surface area contributed by atoms with Gasteiger partial charge >= 0.3 is 6.18 Å². The maximum Gasteiger partial charge on any atom is 0.451 e. The lowest BCUT2D eigenvalue weighted by atomic mass is 9.85. The molecule has 5 rings (SSSR count). The highest BCUT2D eigenvalue weighted by molar-refractivity contribution is 5.95. The maximum absolute atomic E-state index is 14.4. The zero-order valence-corrected chi connectivity index (χ0v) is 19.4. The molecule has 1 fully saturated rings. The highest BCUT2D eigenvalue weighted by Gasteiger charge is 2.41. The van der Waals surface area contributed by atoms with E-state index in [1.54, 1.807) is 11.8 Å². The normalized spacial score (nSPS) is 20.2. The number of hydrogen-bond donors (Lipinski definition) is 0. The van der Waals surface area contributed by atoms with E-state index in [4.69, 9.17) is 0 Å². The van der Waals surface area contributed by atoms with Crippen LogP contribution in [-0.2, 0) is 24.1 Å². The van der Waals surface area contributed by atoms with Crippen molar-refractivity contribution in [3.8, 4) is 6.07 Å². The summed E-state index contributed by atoms with van der Waals surface area (Å²) in [5.41, 5.74) is -0.158. The van der Waals surface area contributed by atoms with E-state index in [-0.39, 0.29) is 67.0 Å². The third-order valence-corrected chi connectivity index (χ3v) is 6.95. The van der Waals surface area contributed by atoms with Crippen molar-refractivity contribution in [2.24, 2.45) is 11.8 Å². The average molecular weight is 523 g/mol. The van der Waals surface area contributed by atoms with E-state index in [1.165, 1.54) is 4.90 Å². The van der Waals surface area contributed by atoms with Gasteiger partial charge in [0.1, 0.15) is 11.6 Å². The van der Waals surface area contributed by atoms with Gasteiger partial charge in [-0.2, -0.15) is 18.4 Å². The van der Waals surface area contributed by atoms with Crippen molar-refractivity contribution < 1.29 is 31.1 Å². The molecule has 194 valence electrons. The standard InChI is InChI=1S/C23H19F6N7O/c1-11-9-34(20-12(7-30)8-31-19-14(20)6-15(24)17(25)18(19)26)3-2-13(11)21(37)35-4-5-36-16(10-35)32-33-22(36)23(27,28)29/h6,8,11,13H,2-5,9-10H2,1H3/t11-,13+/m1/s1. The van der Waals surface area contributed by atoms with Gasteiger partial charge in [0.2, 0.25) is 11.7 Å². The second-order valence-corrected chi connectivity index (χ2v) is 9.18. The lowest BCUT2D eigenvalue weighted by molar-refractivity contribution is -0.148. The van der Waals surface area contributed by atoms with Gasteiger partial charge in [0.25, 0.3) is 0 Å². The van der Waals surface area contributed by atoms with Gasteiger partial charge in [0, 0.05) is 43.7 Å². The predicted octanol–water partition coefficient (Wildman–Crippen LogP) is 3.64. The number of fused-ring (bicyclic) bond motifs is 2. The number of piperidine rings is 1. The van der Waals surface area contributed by atoms with Crippen LogP contribution in [0.4, 0.5) is 32.0 Å². The molecule has 4 heterocycles. The number of nitriles is 1. The van der Waals surface area contributed by atoms with Gasteiger partial charge in [-0.05, 0) is 18.4 Å². The second-order valence-electron chi connectivity index (χ2n) is 9.18. The molecule has 37 heavy (non-hydrogen) atoms. The first-order valence-corrected chi connectivity index (χ1v) is 11.4. The number of aromatic nitrogens is 4. The molecule has 1 aromatic carbocycles. The van der Waals surface area contributed by atoms with E-state index in [1.807, 2.05) is 6.07 Å². The number of hydrogen-bond acceptors (Lipinski definition) is 6. The van der Waals surface area contributed by atoms with Crippen molar-refractivity contribution in [2.45, 2.75) is 32.6 Å². The Balaban J connectivity index is 1.37. The Labute approximate surface area is 206 Å². The first-order chi connectivity index (χ1) is 17.5. The Morgan fingerprint density at radius 2 is 1.89 bits per heavy atom. The van der Waals surface area contributed by atoms with E-state index in [0.29, 0.717) is 6.42 Å². The molecule has 2 aliphatic rings. The summed E-state index contributed by atoms with van der Waals surface area (Å²) in [6.07, 6.45) is -3.23. The summed E-state index contributed by atoms with van der Waals surface area (Å²) in [7, 11) is 0. The number of pyridine rings is 1. The van der Waals surface area contributed by atoms with Crippen molar-refractivity contribution in [3.63, 3.8) is 0 Å². The fourth-order valence-corrected chi connectivity index (χ4v) is 5.16. The molecule has 2 aromatic heterocycles. The number of rotatable bonds is 2. The fraction of sp³-hybridized carbons (Fsp3) is 0.435. The largest absolute Gasteiger partial charge is 0.451 e. The summed E-state index contributed by atoms with van der Waals surface area (Å²) < 4.78 is 82.5. The van der Waals surface area contributed by atoms with Crippen molar-refractivity contribution in [3.05, 3.63) is 46.9 Å². The van der Waals surface area contributed by atoms with Crippen LogP contribution in [0.2, 0.25) is 0 Å². The molecule has 1 saturated heterocycles. The van der Waals surface area contributed by atoms with Gasteiger partial charge in [-0.1, -0.05) is 6.92 Å². The second kappa shape index (κ2) is 8.89. The SMILES string of the molecule is C[C@@H]1CN(c2c(C#N)cnc3c(F)c(F)c(F)cc23)CC[C@@H]1C(=O)N1CCn2c(nnc2C(F)(F)F)C1. The molecular formula is C23H19F6N7O. The summed E-state index contributed by atoms with van der Waals surface area (Å²) in [4.78, 5) is 20.3. The van der Waals surface area contributed by atoms with Gasteiger partial charge in [-0.3, -0.25) is 9.78 Å². The summed E-state index contributed by atoms with van der Waals surface area (Å²) in [5.74, 6) is -6.56. The van der Waals surface area contributed by atoms with Gasteiger partial charge in [0.15, 0.2) is 23.3 Å². The quantitative estimate of drug-likeness (QED) is 0.377. The molecule has 0 saturated carbocycles. The number of anilines is 1. The predicted molar refractivity (Wildman–Crippen MR) is 116 cm³/mol. The zero-order chi connectivity index (χ0) is 26.6. The lowest BCUT2D eigenvalue weighted by Crippen LogP contribution is -2.49. The minimum atomic E-state index is -4.64. The third-order valence-electron chi connectivity index (χ3n) is 6.95. The Morgan fingerprint density at radius 3 is 2.57 bits per heavy atom. The number of carbonyl (C=O) groups excluding carboxylic acids is 1. The van der Waals surface area contributed by atoms with Gasteiger partial charge in [-0.25, -0.2) is 13.2 Å². The topological polar surface area (TPSA) is 90.9 Å². The summed E-state index contributed by atoms with van der Waals surface area (Å²) >= 11 is 0. The number of halogens is 6. The molecular weight excluding hydrogens is 504 g/mol. The molecule has 0 N–H and O–H groups in total. The molecule has 0 bridgehead atoms. The Hall–Kier alpha value is -3.89. The van der Waals surface area contributed by atoms with Crippen molar-refractivity contribution in [1.82, 2.24) is 24.6 Å². The molecule has 14 heteroatoms. The Morgan fingerprint density at radius 1 is 1.14 bits per heavy atom. The molecule has 0 aliphatic carbocycles. The van der Waals surface area contributed by atoms with Crippen LogP contribution in [0.15, 0.2) is 12.3 Å².